The van der Waals surface area contributed by atoms with Crippen LogP contribution >= 0.6 is 0 Å². The summed E-state index contributed by atoms with van der Waals surface area (Å²) in [5, 5.41) is 17.5. The van der Waals surface area contributed by atoms with Gasteiger partial charge >= 0.3 is 0 Å². The Morgan fingerprint density at radius 1 is 0.758 bits per heavy atom. The van der Waals surface area contributed by atoms with Gasteiger partial charge in [0.15, 0.2) is 0 Å². The molecule has 1 aromatic carbocycles. The second-order valence-electron chi connectivity index (χ2n) is 8.52. The standard InChI is InChI=1S/C19H21N6.C6H6O.Pt/c1-18(2,24-12-6-9-21-24)15-14-16(23-11-5-8-20-17(15)23)19(3,4)25-13-7-10-22-25;7-6-4-2-1-3-5-6;/h5-13H,1-4H3;1-5,7H;/q-1;;. The number of phenolic OH excluding ortho intramolecular Hbond substituents is 1. The summed E-state index contributed by atoms with van der Waals surface area (Å²) in [4.78, 5) is 4.63. The van der Waals surface area contributed by atoms with Crippen molar-refractivity contribution < 1.29 is 26.2 Å². The van der Waals surface area contributed by atoms with Crippen molar-refractivity contribution in [2.75, 3.05) is 0 Å². The molecule has 0 atom stereocenters. The Balaban J connectivity index is 0.000000330. The third-order valence-electron chi connectivity index (χ3n) is 5.56. The SMILES string of the molecule is CC(C)(c1[c-]c(C(C)(C)n2cccn2)n2cccnc12)n1cccn1.Oc1ccccc1.[Pt]. The van der Waals surface area contributed by atoms with Gasteiger partial charge in [-0.2, -0.15) is 10.2 Å². The van der Waals surface area contributed by atoms with E-state index in [1.807, 2.05) is 58.4 Å². The minimum Gasteiger partial charge on any atom is -0.508 e. The Hall–Kier alpha value is -3.18. The van der Waals surface area contributed by atoms with E-state index in [9.17, 15) is 0 Å². The number of nitrogens with zero attached hydrogens (tertiary/aromatic N) is 6. The molecule has 0 aliphatic carbocycles. The first kappa shape index (κ1) is 24.5. The van der Waals surface area contributed by atoms with E-state index in [2.05, 4.69) is 53.3 Å². The van der Waals surface area contributed by atoms with E-state index in [4.69, 9.17) is 5.11 Å². The minimum atomic E-state index is -0.373. The molecule has 5 aromatic rings. The Morgan fingerprint density at radius 2 is 1.33 bits per heavy atom. The van der Waals surface area contributed by atoms with E-state index < -0.39 is 0 Å². The number of rotatable bonds is 4. The van der Waals surface area contributed by atoms with E-state index in [1.54, 1.807) is 36.7 Å². The van der Waals surface area contributed by atoms with Gasteiger partial charge in [0.2, 0.25) is 0 Å². The molecule has 0 saturated carbocycles. The largest absolute Gasteiger partial charge is 0.508 e. The molecule has 174 valence electrons. The van der Waals surface area contributed by atoms with Crippen LogP contribution in [0.25, 0.3) is 5.65 Å². The minimum absolute atomic E-state index is 0. The van der Waals surface area contributed by atoms with Crippen molar-refractivity contribution in [3.05, 3.63) is 103 Å². The molecule has 8 heteroatoms. The van der Waals surface area contributed by atoms with Gasteiger partial charge in [0, 0.05) is 52.0 Å². The van der Waals surface area contributed by atoms with Crippen LogP contribution < -0.4 is 0 Å². The van der Waals surface area contributed by atoms with Crippen LogP contribution in [0.2, 0.25) is 0 Å². The van der Waals surface area contributed by atoms with Crippen LogP contribution in [0.1, 0.15) is 39.0 Å². The smallest absolute Gasteiger partial charge is 0.115 e. The Labute approximate surface area is 208 Å². The topological polar surface area (TPSA) is 73.2 Å². The van der Waals surface area contributed by atoms with E-state index >= 15 is 0 Å². The van der Waals surface area contributed by atoms with Gasteiger partial charge in [-0.25, -0.2) is 6.07 Å². The van der Waals surface area contributed by atoms with E-state index in [0.29, 0.717) is 5.75 Å². The summed E-state index contributed by atoms with van der Waals surface area (Å²) in [6.07, 6.45) is 11.4. The zero-order valence-corrected chi connectivity index (χ0v) is 21.3. The molecule has 0 bridgehead atoms. The van der Waals surface area contributed by atoms with E-state index in [1.165, 1.54) is 0 Å². The molecule has 0 saturated heterocycles. The van der Waals surface area contributed by atoms with Crippen LogP contribution in [0.5, 0.6) is 5.75 Å². The number of benzene rings is 1. The van der Waals surface area contributed by atoms with Gasteiger partial charge in [-0.05, 0) is 69.9 Å². The normalized spacial score (nSPS) is 11.5. The van der Waals surface area contributed by atoms with Crippen molar-refractivity contribution in [3.63, 3.8) is 0 Å². The van der Waals surface area contributed by atoms with Gasteiger partial charge in [-0.15, -0.1) is 5.56 Å². The van der Waals surface area contributed by atoms with Gasteiger partial charge in [0.25, 0.3) is 0 Å². The molecular formula is C25H27N6OPt-. The monoisotopic (exact) mass is 622 g/mol. The van der Waals surface area contributed by atoms with Crippen molar-refractivity contribution in [1.82, 2.24) is 28.9 Å². The van der Waals surface area contributed by atoms with Crippen LogP contribution in [0.3, 0.4) is 0 Å². The first-order valence-electron chi connectivity index (χ1n) is 10.5. The van der Waals surface area contributed by atoms with Crippen molar-refractivity contribution in [3.8, 4) is 5.75 Å². The van der Waals surface area contributed by atoms with Crippen molar-refractivity contribution in [2.24, 2.45) is 0 Å². The number of hydrogen-bond acceptors (Lipinski definition) is 4. The summed E-state index contributed by atoms with van der Waals surface area (Å²) in [5.41, 5.74) is 2.16. The van der Waals surface area contributed by atoms with Crippen molar-refractivity contribution in [2.45, 2.75) is 38.8 Å². The quantitative estimate of drug-likeness (QED) is 0.300. The first-order chi connectivity index (χ1) is 15.3. The molecule has 33 heavy (non-hydrogen) atoms. The molecule has 7 nitrogen and oxygen atoms in total. The molecule has 4 aromatic heterocycles. The average molecular weight is 623 g/mol. The zero-order valence-electron chi connectivity index (χ0n) is 19.0. The maximum absolute atomic E-state index is 8.63. The number of aromatic hydroxyl groups is 1. The van der Waals surface area contributed by atoms with E-state index in [0.717, 1.165) is 16.9 Å². The second kappa shape index (κ2) is 9.75. The van der Waals surface area contributed by atoms with Gasteiger partial charge in [0.05, 0.1) is 11.1 Å². The fourth-order valence-corrected chi connectivity index (χ4v) is 3.70. The zero-order chi connectivity index (χ0) is 22.8. The molecule has 0 fully saturated rings. The molecule has 1 N–H and O–H groups in total. The van der Waals surface area contributed by atoms with Crippen LogP contribution in [-0.2, 0) is 32.1 Å². The fraction of sp³-hybridized carbons (Fsp3) is 0.240. The Morgan fingerprint density at radius 3 is 1.85 bits per heavy atom. The summed E-state index contributed by atoms with van der Waals surface area (Å²) in [5.74, 6) is 0.322. The molecule has 0 aliphatic rings. The predicted octanol–water partition coefficient (Wildman–Crippen LogP) is 4.48. The van der Waals surface area contributed by atoms with Crippen LogP contribution in [0.4, 0.5) is 0 Å². The number of fused-ring (bicyclic) bond motifs is 1. The number of phenols is 1. The summed E-state index contributed by atoms with van der Waals surface area (Å²) < 4.78 is 5.99. The van der Waals surface area contributed by atoms with Crippen molar-refractivity contribution >= 4 is 5.65 Å². The maximum atomic E-state index is 8.63. The average Bonchev–Trinajstić information content (AvgIpc) is 3.56. The summed E-state index contributed by atoms with van der Waals surface area (Å²) in [6, 6.07) is 18.1. The maximum Gasteiger partial charge on any atom is 0.115 e. The van der Waals surface area contributed by atoms with Crippen LogP contribution in [0.15, 0.2) is 85.7 Å². The van der Waals surface area contributed by atoms with Gasteiger partial charge in [-0.1, -0.05) is 23.9 Å². The van der Waals surface area contributed by atoms with Gasteiger partial charge in [-0.3, -0.25) is 9.36 Å². The molecule has 0 amide bonds. The predicted molar refractivity (Wildman–Crippen MR) is 123 cm³/mol. The molecule has 5 rings (SSSR count). The Kier molecular flexibility index (Phi) is 7.23. The Bertz CT molecular complexity index is 1200. The van der Waals surface area contributed by atoms with Crippen LogP contribution in [-0.4, -0.2) is 34.1 Å². The molecule has 0 radical (unpaired) electrons. The van der Waals surface area contributed by atoms with Crippen molar-refractivity contribution in [1.29, 1.82) is 0 Å². The summed E-state index contributed by atoms with van der Waals surface area (Å²) in [6.45, 7) is 8.53. The fourth-order valence-electron chi connectivity index (χ4n) is 3.70. The molecular weight excluding hydrogens is 595 g/mol. The third-order valence-corrected chi connectivity index (χ3v) is 5.56. The second-order valence-corrected chi connectivity index (χ2v) is 8.52. The summed E-state index contributed by atoms with van der Waals surface area (Å²) >= 11 is 0. The number of para-hydroxylation sites is 1. The van der Waals surface area contributed by atoms with E-state index in [-0.39, 0.29) is 32.1 Å². The number of hydrogen-bond donors (Lipinski definition) is 1. The van der Waals surface area contributed by atoms with Crippen LogP contribution in [0, 0.1) is 6.07 Å². The van der Waals surface area contributed by atoms with Gasteiger partial charge < -0.3 is 14.5 Å². The molecule has 0 spiro atoms. The third kappa shape index (κ3) is 4.78. The molecule has 4 heterocycles. The summed E-state index contributed by atoms with van der Waals surface area (Å²) in [7, 11) is 0. The number of aromatic nitrogens is 6. The molecule has 0 aliphatic heterocycles. The molecule has 0 unspecified atom stereocenters. The first-order valence-corrected chi connectivity index (χ1v) is 10.5. The van der Waals surface area contributed by atoms with Gasteiger partial charge in [0.1, 0.15) is 5.75 Å².